The predicted octanol–water partition coefficient (Wildman–Crippen LogP) is 6.34. The molecule has 0 aromatic rings. The summed E-state index contributed by atoms with van der Waals surface area (Å²) in [5.41, 5.74) is 0.717. The minimum atomic E-state index is -4.28. The zero-order valence-corrected chi connectivity index (χ0v) is 13.4. The minimum absolute atomic E-state index is 0.283. The lowest BCUT2D eigenvalue weighted by atomic mass is 9.89. The molecular formula is C19H25F3. The van der Waals surface area contributed by atoms with Crippen LogP contribution < -0.4 is 0 Å². The fourth-order valence-corrected chi connectivity index (χ4v) is 3.30. The molecule has 0 radical (unpaired) electrons. The Morgan fingerprint density at radius 3 is 2.36 bits per heavy atom. The maximum Gasteiger partial charge on any atom is 0.417 e. The second kappa shape index (κ2) is 7.90. The molecule has 0 saturated heterocycles. The largest absolute Gasteiger partial charge is 0.417 e. The van der Waals surface area contributed by atoms with Gasteiger partial charge in [-0.1, -0.05) is 56.4 Å². The second-order valence-corrected chi connectivity index (χ2v) is 6.40. The van der Waals surface area contributed by atoms with E-state index in [2.05, 4.69) is 11.8 Å². The lowest BCUT2D eigenvalue weighted by molar-refractivity contribution is -0.0891. The zero-order valence-electron chi connectivity index (χ0n) is 13.4. The molecule has 0 amide bonds. The molecule has 0 heterocycles. The molecule has 1 fully saturated rings. The quantitative estimate of drug-likeness (QED) is 0.412. The van der Waals surface area contributed by atoms with Crippen molar-refractivity contribution in [2.45, 2.75) is 77.3 Å². The van der Waals surface area contributed by atoms with Crippen LogP contribution >= 0.6 is 0 Å². The summed E-state index contributed by atoms with van der Waals surface area (Å²) in [6, 6.07) is 0. The molecular weight excluding hydrogens is 285 g/mol. The van der Waals surface area contributed by atoms with E-state index >= 15 is 0 Å². The van der Waals surface area contributed by atoms with Crippen LogP contribution in [0.3, 0.4) is 0 Å². The van der Waals surface area contributed by atoms with E-state index in [1.165, 1.54) is 18.9 Å². The Morgan fingerprint density at radius 2 is 1.77 bits per heavy atom. The summed E-state index contributed by atoms with van der Waals surface area (Å²) in [6.45, 7) is 2.00. The Hall–Kier alpha value is -1.17. The van der Waals surface area contributed by atoms with E-state index in [-0.39, 0.29) is 5.92 Å². The van der Waals surface area contributed by atoms with Gasteiger partial charge in [0.05, 0.1) is 5.57 Å². The molecule has 0 N–H and O–H groups in total. The van der Waals surface area contributed by atoms with Crippen molar-refractivity contribution >= 4 is 0 Å². The predicted molar refractivity (Wildman–Crippen MR) is 84.3 cm³/mol. The van der Waals surface area contributed by atoms with Crippen LogP contribution in [-0.2, 0) is 0 Å². The van der Waals surface area contributed by atoms with E-state index in [9.17, 15) is 13.2 Å². The molecule has 2 aliphatic rings. The number of allylic oxidation sites excluding steroid dienone is 4. The van der Waals surface area contributed by atoms with Crippen molar-refractivity contribution in [2.75, 3.05) is 0 Å². The first-order chi connectivity index (χ1) is 10.5. The number of alkyl halides is 3. The van der Waals surface area contributed by atoms with Crippen LogP contribution in [-0.4, -0.2) is 6.18 Å². The second-order valence-electron chi connectivity index (χ2n) is 6.40. The highest BCUT2D eigenvalue weighted by Gasteiger charge is 2.36. The highest BCUT2D eigenvalue weighted by atomic mass is 19.4. The van der Waals surface area contributed by atoms with Crippen LogP contribution in [0, 0.1) is 17.8 Å². The third-order valence-electron chi connectivity index (χ3n) is 4.53. The van der Waals surface area contributed by atoms with Gasteiger partial charge in [0.15, 0.2) is 0 Å². The van der Waals surface area contributed by atoms with E-state index in [0.29, 0.717) is 12.0 Å². The molecule has 0 atom stereocenters. The first-order valence-electron chi connectivity index (χ1n) is 8.52. The van der Waals surface area contributed by atoms with Crippen molar-refractivity contribution in [2.24, 2.45) is 5.92 Å². The summed E-state index contributed by atoms with van der Waals surface area (Å²) >= 11 is 0. The van der Waals surface area contributed by atoms with Crippen LogP contribution in [0.5, 0.6) is 0 Å². The van der Waals surface area contributed by atoms with Gasteiger partial charge in [-0.05, 0) is 38.2 Å². The van der Waals surface area contributed by atoms with Gasteiger partial charge >= 0.3 is 6.18 Å². The van der Waals surface area contributed by atoms with Crippen molar-refractivity contribution in [3.05, 3.63) is 22.8 Å². The Labute approximate surface area is 131 Å². The number of halogens is 3. The molecule has 0 aromatic carbocycles. The van der Waals surface area contributed by atoms with Gasteiger partial charge in [-0.15, -0.1) is 0 Å². The third kappa shape index (κ3) is 4.93. The molecule has 2 rings (SSSR count). The van der Waals surface area contributed by atoms with Crippen molar-refractivity contribution in [1.29, 1.82) is 0 Å². The highest BCUT2D eigenvalue weighted by molar-refractivity contribution is 5.46. The van der Waals surface area contributed by atoms with Gasteiger partial charge in [-0.3, -0.25) is 0 Å². The molecule has 2 aliphatic carbocycles. The lowest BCUT2D eigenvalue weighted by Crippen LogP contribution is -2.15. The molecule has 0 unspecified atom stereocenters. The monoisotopic (exact) mass is 310 g/mol. The van der Waals surface area contributed by atoms with Crippen LogP contribution in [0.4, 0.5) is 13.2 Å². The first-order valence-corrected chi connectivity index (χ1v) is 8.52. The smallest absolute Gasteiger partial charge is 0.166 e. The van der Waals surface area contributed by atoms with Crippen molar-refractivity contribution in [1.82, 2.24) is 0 Å². The maximum absolute atomic E-state index is 13.3. The molecule has 1 saturated carbocycles. The fraction of sp³-hybridized carbons (Fsp3) is 0.684. The molecule has 122 valence electrons. The van der Waals surface area contributed by atoms with E-state index in [1.807, 2.05) is 6.92 Å². The van der Waals surface area contributed by atoms with Gasteiger partial charge < -0.3 is 0 Å². The molecule has 0 nitrogen and oxygen atoms in total. The number of hydrogen-bond acceptors (Lipinski definition) is 0. The standard InChI is InChI=1S/C19H25F3/c1-2-7-16-11-13-17(18(14-16)19(20,21)22)12-10-15-8-5-3-4-6-9-15/h14-15H,2-9,11,13H2,1H3. The van der Waals surface area contributed by atoms with Gasteiger partial charge in [0.25, 0.3) is 0 Å². The van der Waals surface area contributed by atoms with E-state index in [1.54, 1.807) is 0 Å². The Bertz CT molecular complexity index is 489. The first kappa shape index (κ1) is 17.2. The van der Waals surface area contributed by atoms with Gasteiger partial charge in [-0.2, -0.15) is 13.2 Å². The van der Waals surface area contributed by atoms with Gasteiger partial charge in [0.2, 0.25) is 0 Å². The maximum atomic E-state index is 13.3. The summed E-state index contributed by atoms with van der Waals surface area (Å²) in [5, 5.41) is 0. The summed E-state index contributed by atoms with van der Waals surface area (Å²) < 4.78 is 39.8. The summed E-state index contributed by atoms with van der Waals surface area (Å²) in [6.07, 6.45) is 6.74. The Balaban J connectivity index is 2.21. The van der Waals surface area contributed by atoms with Gasteiger partial charge in [0.1, 0.15) is 0 Å². The van der Waals surface area contributed by atoms with E-state index in [4.69, 9.17) is 0 Å². The topological polar surface area (TPSA) is 0 Å². The Morgan fingerprint density at radius 1 is 1.09 bits per heavy atom. The average Bonchev–Trinajstić information content (AvgIpc) is 2.74. The fourth-order valence-electron chi connectivity index (χ4n) is 3.30. The van der Waals surface area contributed by atoms with Gasteiger partial charge in [0, 0.05) is 11.5 Å². The molecule has 0 aromatic heterocycles. The highest BCUT2D eigenvalue weighted by Crippen LogP contribution is 2.36. The van der Waals surface area contributed by atoms with E-state index in [0.717, 1.165) is 50.5 Å². The van der Waals surface area contributed by atoms with Gasteiger partial charge in [-0.25, -0.2) is 0 Å². The molecule has 22 heavy (non-hydrogen) atoms. The summed E-state index contributed by atoms with van der Waals surface area (Å²) in [5.74, 6) is 6.33. The molecule has 0 bridgehead atoms. The Kier molecular flexibility index (Phi) is 6.17. The van der Waals surface area contributed by atoms with Crippen LogP contribution in [0.1, 0.15) is 71.1 Å². The average molecular weight is 310 g/mol. The van der Waals surface area contributed by atoms with Crippen molar-refractivity contribution in [3.8, 4) is 11.8 Å². The summed E-state index contributed by atoms with van der Waals surface area (Å²) in [4.78, 5) is 0. The van der Waals surface area contributed by atoms with Crippen molar-refractivity contribution < 1.29 is 13.2 Å². The zero-order chi connectivity index (χ0) is 16.0. The lowest BCUT2D eigenvalue weighted by Gasteiger charge is -2.19. The summed E-state index contributed by atoms with van der Waals surface area (Å²) in [7, 11) is 0. The van der Waals surface area contributed by atoms with Crippen molar-refractivity contribution in [3.63, 3.8) is 0 Å². The third-order valence-corrected chi connectivity index (χ3v) is 4.53. The van der Waals surface area contributed by atoms with Crippen LogP contribution in [0.2, 0.25) is 0 Å². The van der Waals surface area contributed by atoms with E-state index < -0.39 is 11.7 Å². The minimum Gasteiger partial charge on any atom is -0.166 e. The molecule has 3 heteroatoms. The van der Waals surface area contributed by atoms with Crippen LogP contribution in [0.25, 0.3) is 0 Å². The number of hydrogen-bond donors (Lipinski definition) is 0. The van der Waals surface area contributed by atoms with Crippen LogP contribution in [0.15, 0.2) is 22.8 Å². The molecule has 0 spiro atoms. The number of rotatable bonds is 2. The normalized spacial score (nSPS) is 21.0. The molecule has 0 aliphatic heterocycles. The SMILES string of the molecule is CCCC1=CC(C(F)(F)F)=C(C#CC2CCCCCC2)CC1.